The number of para-hydroxylation sites is 1. The molecule has 0 aliphatic carbocycles. The molecule has 0 heterocycles. The highest BCUT2D eigenvalue weighted by molar-refractivity contribution is 5.71. The monoisotopic (exact) mass is 206 g/mol. The maximum absolute atomic E-state index is 10.6. The first-order valence-electron chi connectivity index (χ1n) is 4.85. The van der Waals surface area contributed by atoms with Gasteiger partial charge in [-0.25, -0.2) is 0 Å². The summed E-state index contributed by atoms with van der Waals surface area (Å²) in [7, 11) is 0. The average molecular weight is 206 g/mol. The van der Waals surface area contributed by atoms with Crippen LogP contribution in [0.2, 0.25) is 0 Å². The van der Waals surface area contributed by atoms with Crippen molar-refractivity contribution in [2.45, 2.75) is 19.8 Å². The van der Waals surface area contributed by atoms with Crippen molar-refractivity contribution in [3.63, 3.8) is 0 Å². The summed E-state index contributed by atoms with van der Waals surface area (Å²) in [5, 5.41) is 8.69. The van der Waals surface area contributed by atoms with E-state index in [1.807, 2.05) is 19.1 Å². The van der Waals surface area contributed by atoms with E-state index in [0.29, 0.717) is 11.3 Å². The van der Waals surface area contributed by atoms with Crippen molar-refractivity contribution < 1.29 is 14.6 Å². The van der Waals surface area contributed by atoms with Crippen LogP contribution in [0.3, 0.4) is 0 Å². The van der Waals surface area contributed by atoms with Crippen LogP contribution >= 0.6 is 0 Å². The number of carbonyl (C=O) groups is 1. The topological polar surface area (TPSA) is 46.5 Å². The minimum Gasteiger partial charge on any atom is -0.481 e. The molecule has 3 heteroatoms. The summed E-state index contributed by atoms with van der Waals surface area (Å²) in [4.78, 5) is 10.6. The largest absolute Gasteiger partial charge is 0.481 e. The number of rotatable bonds is 5. The van der Waals surface area contributed by atoms with E-state index in [2.05, 4.69) is 0 Å². The number of ether oxygens (including phenoxy) is 1. The lowest BCUT2D eigenvalue weighted by Crippen LogP contribution is -2.01. The highest BCUT2D eigenvalue weighted by Crippen LogP contribution is 2.18. The summed E-state index contributed by atoms with van der Waals surface area (Å²) in [6.45, 7) is 2.00. The van der Waals surface area contributed by atoms with Gasteiger partial charge in [-0.15, -0.1) is 0 Å². The van der Waals surface area contributed by atoms with E-state index >= 15 is 0 Å². The van der Waals surface area contributed by atoms with Gasteiger partial charge in [-0.05, 0) is 18.6 Å². The summed E-state index contributed by atoms with van der Waals surface area (Å²) in [6.07, 6.45) is 4.33. The summed E-state index contributed by atoms with van der Waals surface area (Å²) in [5.74, 6) is -0.255. The highest BCUT2D eigenvalue weighted by atomic mass is 16.5. The molecule has 0 saturated heterocycles. The minimum absolute atomic E-state index is 0.0177. The van der Waals surface area contributed by atoms with Gasteiger partial charge in [0.2, 0.25) is 0 Å². The van der Waals surface area contributed by atoms with Gasteiger partial charge < -0.3 is 9.84 Å². The van der Waals surface area contributed by atoms with E-state index in [1.165, 1.54) is 0 Å². The van der Waals surface area contributed by atoms with Gasteiger partial charge in [0.25, 0.3) is 0 Å². The third kappa shape index (κ3) is 3.85. The second-order valence-electron chi connectivity index (χ2n) is 3.08. The molecule has 3 nitrogen and oxygen atoms in total. The number of hydrogen-bond acceptors (Lipinski definition) is 2. The highest BCUT2D eigenvalue weighted by Gasteiger charge is 2.05. The van der Waals surface area contributed by atoms with Crippen LogP contribution in [-0.2, 0) is 11.2 Å². The van der Waals surface area contributed by atoms with Crippen LogP contribution in [0, 0.1) is 0 Å². The minimum atomic E-state index is -0.856. The van der Waals surface area contributed by atoms with Crippen LogP contribution in [0.15, 0.2) is 36.6 Å². The summed E-state index contributed by atoms with van der Waals surface area (Å²) in [6, 6.07) is 7.14. The van der Waals surface area contributed by atoms with Crippen molar-refractivity contribution in [3.8, 4) is 5.75 Å². The molecule has 0 atom stereocenters. The predicted octanol–water partition coefficient (Wildman–Crippen LogP) is 2.62. The Bertz CT molecular complexity index is 356. The van der Waals surface area contributed by atoms with E-state index in [4.69, 9.17) is 9.84 Å². The van der Waals surface area contributed by atoms with Crippen molar-refractivity contribution >= 4 is 5.97 Å². The second-order valence-corrected chi connectivity index (χ2v) is 3.08. The molecule has 0 fully saturated rings. The number of carboxylic acids is 1. The fourth-order valence-corrected chi connectivity index (χ4v) is 1.15. The molecule has 0 aromatic heterocycles. The number of carboxylic acid groups (broad SMARTS) is 1. The van der Waals surface area contributed by atoms with E-state index < -0.39 is 5.97 Å². The van der Waals surface area contributed by atoms with Gasteiger partial charge in [-0.2, -0.15) is 0 Å². The number of hydrogen-bond donors (Lipinski definition) is 1. The molecule has 0 amide bonds. The second kappa shape index (κ2) is 5.86. The first-order chi connectivity index (χ1) is 7.24. The van der Waals surface area contributed by atoms with Gasteiger partial charge >= 0.3 is 5.97 Å². The van der Waals surface area contributed by atoms with E-state index in [-0.39, 0.29) is 6.42 Å². The molecule has 15 heavy (non-hydrogen) atoms. The van der Waals surface area contributed by atoms with Gasteiger partial charge in [0, 0.05) is 5.56 Å². The fraction of sp³-hybridized carbons (Fsp3) is 0.250. The normalized spacial score (nSPS) is 10.5. The van der Waals surface area contributed by atoms with Crippen LogP contribution < -0.4 is 4.74 Å². The summed E-state index contributed by atoms with van der Waals surface area (Å²) >= 11 is 0. The molecule has 0 radical (unpaired) electrons. The molecule has 0 spiro atoms. The quantitative estimate of drug-likeness (QED) is 0.753. The van der Waals surface area contributed by atoms with Crippen LogP contribution in [0.25, 0.3) is 0 Å². The van der Waals surface area contributed by atoms with Crippen LogP contribution in [-0.4, -0.2) is 11.1 Å². The van der Waals surface area contributed by atoms with Crippen molar-refractivity contribution in [1.29, 1.82) is 0 Å². The lowest BCUT2D eigenvalue weighted by Gasteiger charge is -2.05. The predicted molar refractivity (Wildman–Crippen MR) is 57.8 cm³/mol. The molecule has 1 N–H and O–H groups in total. The molecule has 0 unspecified atom stereocenters. The van der Waals surface area contributed by atoms with E-state index in [0.717, 1.165) is 6.42 Å². The molecule has 1 rings (SSSR count). The van der Waals surface area contributed by atoms with E-state index in [9.17, 15) is 4.79 Å². The van der Waals surface area contributed by atoms with Crippen molar-refractivity contribution in [2.75, 3.05) is 0 Å². The Balaban J connectivity index is 2.76. The lowest BCUT2D eigenvalue weighted by atomic mass is 10.1. The molecule has 0 aliphatic heterocycles. The van der Waals surface area contributed by atoms with Gasteiger partial charge in [-0.3, -0.25) is 4.79 Å². The molecule has 80 valence electrons. The number of benzene rings is 1. The smallest absolute Gasteiger partial charge is 0.307 e. The Morgan fingerprint density at radius 1 is 1.47 bits per heavy atom. The number of allylic oxidation sites excluding steroid dienone is 1. The molecule has 0 saturated carbocycles. The molecule has 0 aliphatic rings. The van der Waals surface area contributed by atoms with Gasteiger partial charge in [0.1, 0.15) is 5.75 Å². The Labute approximate surface area is 89.0 Å². The maximum Gasteiger partial charge on any atom is 0.307 e. The standard InChI is InChI=1S/C12H14O3/c1-2-3-8-15-11-7-5-4-6-10(11)9-12(13)14/h3-8H,2,9H2,1H3,(H,13,14). The Hall–Kier alpha value is -1.77. The molecular weight excluding hydrogens is 192 g/mol. The van der Waals surface area contributed by atoms with Crippen LogP contribution in [0.1, 0.15) is 18.9 Å². The van der Waals surface area contributed by atoms with Crippen molar-refractivity contribution in [3.05, 3.63) is 42.2 Å². The van der Waals surface area contributed by atoms with Crippen molar-refractivity contribution in [1.82, 2.24) is 0 Å². The third-order valence-corrected chi connectivity index (χ3v) is 1.84. The Kier molecular flexibility index (Phi) is 4.41. The summed E-state index contributed by atoms with van der Waals surface area (Å²) < 4.78 is 5.33. The SMILES string of the molecule is CCC=COc1ccccc1CC(=O)O. The zero-order valence-electron chi connectivity index (χ0n) is 8.64. The zero-order valence-corrected chi connectivity index (χ0v) is 8.64. The first kappa shape index (κ1) is 11.3. The molecule has 0 bridgehead atoms. The molecule has 1 aromatic carbocycles. The average Bonchev–Trinajstić information content (AvgIpc) is 2.20. The Morgan fingerprint density at radius 2 is 2.20 bits per heavy atom. The van der Waals surface area contributed by atoms with E-state index in [1.54, 1.807) is 24.5 Å². The molecular formula is C12H14O3. The summed E-state index contributed by atoms with van der Waals surface area (Å²) in [5.41, 5.74) is 0.686. The maximum atomic E-state index is 10.6. The van der Waals surface area contributed by atoms with Gasteiger partial charge in [0.05, 0.1) is 12.7 Å². The fourth-order valence-electron chi connectivity index (χ4n) is 1.15. The van der Waals surface area contributed by atoms with Crippen LogP contribution in [0.4, 0.5) is 0 Å². The Morgan fingerprint density at radius 3 is 2.87 bits per heavy atom. The third-order valence-electron chi connectivity index (χ3n) is 1.84. The molecule has 1 aromatic rings. The van der Waals surface area contributed by atoms with Gasteiger partial charge in [0.15, 0.2) is 0 Å². The zero-order chi connectivity index (χ0) is 11.1. The van der Waals surface area contributed by atoms with Gasteiger partial charge in [-0.1, -0.05) is 25.1 Å². The lowest BCUT2D eigenvalue weighted by molar-refractivity contribution is -0.136. The van der Waals surface area contributed by atoms with Crippen molar-refractivity contribution in [2.24, 2.45) is 0 Å². The number of aliphatic carboxylic acids is 1. The first-order valence-corrected chi connectivity index (χ1v) is 4.85. The van der Waals surface area contributed by atoms with Crippen LogP contribution in [0.5, 0.6) is 5.75 Å².